The van der Waals surface area contributed by atoms with E-state index in [9.17, 15) is 9.59 Å². The molecule has 31 heavy (non-hydrogen) atoms. The van der Waals surface area contributed by atoms with E-state index < -0.39 is 0 Å². The lowest BCUT2D eigenvalue weighted by Crippen LogP contribution is -2.50. The van der Waals surface area contributed by atoms with Crippen molar-refractivity contribution < 1.29 is 14.3 Å². The van der Waals surface area contributed by atoms with Gasteiger partial charge in [-0.2, -0.15) is 5.10 Å². The first-order chi connectivity index (χ1) is 15.2. The molecule has 0 radical (unpaired) electrons. The van der Waals surface area contributed by atoms with Crippen LogP contribution in [0.25, 0.3) is 0 Å². The molecule has 7 heteroatoms. The Morgan fingerprint density at radius 1 is 0.903 bits per heavy atom. The number of hydrogen-bond donors (Lipinski definition) is 1. The molecule has 2 heterocycles. The molecule has 1 saturated heterocycles. The van der Waals surface area contributed by atoms with Gasteiger partial charge in [0.25, 0.3) is 5.91 Å². The third kappa shape index (κ3) is 5.51. The maximum atomic E-state index is 12.8. The molecule has 0 aliphatic carbocycles. The topological polar surface area (TPSA) is 78.5 Å². The van der Waals surface area contributed by atoms with Crippen molar-refractivity contribution in [3.63, 3.8) is 0 Å². The summed E-state index contributed by atoms with van der Waals surface area (Å²) in [7, 11) is 0. The fourth-order valence-electron chi connectivity index (χ4n) is 3.63. The Hall–Kier alpha value is -3.61. The average Bonchev–Trinajstić information content (AvgIpc) is 3.28. The van der Waals surface area contributed by atoms with Gasteiger partial charge in [-0.1, -0.05) is 48.5 Å². The molecule has 2 amide bonds. The van der Waals surface area contributed by atoms with E-state index in [1.165, 1.54) is 0 Å². The number of rotatable bonds is 7. The quantitative estimate of drug-likeness (QED) is 0.640. The van der Waals surface area contributed by atoms with E-state index in [1.54, 1.807) is 9.80 Å². The van der Waals surface area contributed by atoms with Gasteiger partial charge in [-0.3, -0.25) is 14.7 Å². The van der Waals surface area contributed by atoms with Crippen LogP contribution in [0.15, 0.2) is 66.7 Å². The van der Waals surface area contributed by atoms with Gasteiger partial charge in [-0.15, -0.1) is 0 Å². The number of amides is 2. The number of ether oxygens (including phenoxy) is 1. The van der Waals surface area contributed by atoms with E-state index >= 15 is 0 Å². The summed E-state index contributed by atoms with van der Waals surface area (Å²) in [5.74, 6) is 0.708. The van der Waals surface area contributed by atoms with Gasteiger partial charge in [0, 0.05) is 38.3 Å². The van der Waals surface area contributed by atoms with E-state index in [-0.39, 0.29) is 11.8 Å². The van der Waals surface area contributed by atoms with Crippen LogP contribution in [0.3, 0.4) is 0 Å². The zero-order valence-corrected chi connectivity index (χ0v) is 17.4. The van der Waals surface area contributed by atoms with Crippen molar-refractivity contribution in [2.75, 3.05) is 32.8 Å². The largest absolute Gasteiger partial charge is 0.493 e. The second-order valence-electron chi connectivity index (χ2n) is 7.53. The van der Waals surface area contributed by atoms with Gasteiger partial charge in [-0.05, 0) is 23.8 Å². The number of piperazine rings is 1. The highest BCUT2D eigenvalue weighted by molar-refractivity contribution is 5.92. The number of para-hydroxylation sites is 1. The van der Waals surface area contributed by atoms with Crippen LogP contribution < -0.4 is 4.74 Å². The van der Waals surface area contributed by atoms with Crippen molar-refractivity contribution in [2.24, 2.45) is 0 Å². The molecule has 1 fully saturated rings. The van der Waals surface area contributed by atoms with E-state index in [0.29, 0.717) is 51.3 Å². The van der Waals surface area contributed by atoms with Gasteiger partial charge in [0.2, 0.25) is 5.91 Å². The smallest absolute Gasteiger partial charge is 0.274 e. The van der Waals surface area contributed by atoms with Crippen LogP contribution >= 0.6 is 0 Å². The Morgan fingerprint density at radius 2 is 1.55 bits per heavy atom. The highest BCUT2D eigenvalue weighted by Crippen LogP contribution is 2.13. The van der Waals surface area contributed by atoms with E-state index in [2.05, 4.69) is 10.2 Å². The summed E-state index contributed by atoms with van der Waals surface area (Å²) in [6.45, 7) is 2.41. The molecular weight excluding hydrogens is 392 g/mol. The fraction of sp³-hybridized carbons (Fsp3) is 0.292. The summed E-state index contributed by atoms with van der Waals surface area (Å²) < 4.78 is 5.61. The zero-order valence-electron chi connectivity index (χ0n) is 17.4. The number of carbonyl (C=O) groups is 2. The number of hydrogen-bond acceptors (Lipinski definition) is 4. The van der Waals surface area contributed by atoms with Crippen LogP contribution in [0, 0.1) is 0 Å². The number of benzene rings is 2. The van der Waals surface area contributed by atoms with Crippen molar-refractivity contribution in [3.05, 3.63) is 83.7 Å². The van der Waals surface area contributed by atoms with E-state index in [4.69, 9.17) is 4.74 Å². The minimum absolute atomic E-state index is 0.0490. The lowest BCUT2D eigenvalue weighted by atomic mass is 10.1. The minimum Gasteiger partial charge on any atom is -0.493 e. The zero-order chi connectivity index (χ0) is 21.5. The Kier molecular flexibility index (Phi) is 6.62. The van der Waals surface area contributed by atoms with Crippen molar-refractivity contribution in [3.8, 4) is 5.75 Å². The van der Waals surface area contributed by atoms with Crippen LogP contribution in [0.5, 0.6) is 5.75 Å². The van der Waals surface area contributed by atoms with Crippen molar-refractivity contribution in [1.29, 1.82) is 0 Å². The van der Waals surface area contributed by atoms with E-state index in [1.807, 2.05) is 66.7 Å². The number of nitrogens with zero attached hydrogens (tertiary/aromatic N) is 3. The fourth-order valence-corrected chi connectivity index (χ4v) is 3.63. The molecule has 0 bridgehead atoms. The predicted molar refractivity (Wildman–Crippen MR) is 117 cm³/mol. The Bertz CT molecular complexity index is 996. The minimum atomic E-state index is -0.102. The molecule has 1 aliphatic rings. The van der Waals surface area contributed by atoms with Crippen molar-refractivity contribution in [2.45, 2.75) is 12.8 Å². The Morgan fingerprint density at radius 3 is 2.26 bits per heavy atom. The third-order valence-corrected chi connectivity index (χ3v) is 5.33. The lowest BCUT2D eigenvalue weighted by Gasteiger charge is -2.34. The monoisotopic (exact) mass is 418 g/mol. The van der Waals surface area contributed by atoms with Gasteiger partial charge in [0.15, 0.2) is 0 Å². The van der Waals surface area contributed by atoms with Gasteiger partial charge in [0.1, 0.15) is 11.4 Å². The Labute approximate surface area is 181 Å². The first-order valence-corrected chi connectivity index (χ1v) is 10.5. The summed E-state index contributed by atoms with van der Waals surface area (Å²) in [5.41, 5.74) is 2.48. The van der Waals surface area contributed by atoms with Crippen LogP contribution in [-0.2, 0) is 11.2 Å². The second kappa shape index (κ2) is 9.93. The summed E-state index contributed by atoms with van der Waals surface area (Å²) in [4.78, 5) is 28.8. The molecule has 0 unspecified atom stereocenters. The maximum Gasteiger partial charge on any atom is 0.274 e. The van der Waals surface area contributed by atoms with Gasteiger partial charge in [0.05, 0.1) is 13.0 Å². The normalized spacial score (nSPS) is 13.8. The summed E-state index contributed by atoms with van der Waals surface area (Å²) in [6.07, 6.45) is 1.03. The van der Waals surface area contributed by atoms with Crippen molar-refractivity contribution >= 4 is 11.8 Å². The van der Waals surface area contributed by atoms with Crippen LogP contribution in [-0.4, -0.2) is 64.6 Å². The molecule has 1 aliphatic heterocycles. The SMILES string of the molecule is O=C(CCOc1ccccc1)N1CCN(C(=O)c2cc(Cc3ccccc3)[nH]n2)CC1. The molecule has 0 saturated carbocycles. The standard InChI is InChI=1S/C24H26N4O3/c29-23(11-16-31-21-9-5-2-6-10-21)27-12-14-28(15-13-27)24(30)22-18-20(25-26-22)17-19-7-3-1-4-8-19/h1-10,18H,11-17H2,(H,25,26). The summed E-state index contributed by atoms with van der Waals surface area (Å²) in [5, 5.41) is 7.16. The summed E-state index contributed by atoms with van der Waals surface area (Å²) >= 11 is 0. The van der Waals surface area contributed by atoms with Crippen LogP contribution in [0.1, 0.15) is 28.2 Å². The third-order valence-electron chi connectivity index (χ3n) is 5.33. The molecule has 3 aromatic rings. The molecule has 2 aromatic carbocycles. The number of nitrogens with one attached hydrogen (secondary N) is 1. The number of aromatic amines is 1. The highest BCUT2D eigenvalue weighted by Gasteiger charge is 2.26. The first-order valence-electron chi connectivity index (χ1n) is 10.5. The van der Waals surface area contributed by atoms with Gasteiger partial charge in [-0.25, -0.2) is 0 Å². The molecule has 0 atom stereocenters. The molecule has 1 aromatic heterocycles. The highest BCUT2D eigenvalue weighted by atomic mass is 16.5. The van der Waals surface area contributed by atoms with Gasteiger partial charge < -0.3 is 14.5 Å². The number of carbonyl (C=O) groups excluding carboxylic acids is 2. The predicted octanol–water partition coefficient (Wildman–Crippen LogP) is 2.75. The summed E-state index contributed by atoms with van der Waals surface area (Å²) in [6, 6.07) is 21.3. The van der Waals surface area contributed by atoms with Gasteiger partial charge >= 0.3 is 0 Å². The lowest BCUT2D eigenvalue weighted by molar-refractivity contribution is -0.133. The van der Waals surface area contributed by atoms with Crippen molar-refractivity contribution in [1.82, 2.24) is 20.0 Å². The maximum absolute atomic E-state index is 12.8. The van der Waals surface area contributed by atoms with Crippen LogP contribution in [0.2, 0.25) is 0 Å². The molecular formula is C24H26N4O3. The first kappa shape index (κ1) is 20.7. The molecule has 1 N–H and O–H groups in total. The molecule has 7 nitrogen and oxygen atoms in total. The van der Waals surface area contributed by atoms with Crippen LogP contribution in [0.4, 0.5) is 0 Å². The second-order valence-corrected chi connectivity index (χ2v) is 7.53. The Balaban J connectivity index is 1.23. The average molecular weight is 418 g/mol. The number of H-pyrrole nitrogens is 1. The molecule has 4 rings (SSSR count). The molecule has 160 valence electrons. The molecule has 0 spiro atoms. The number of aromatic nitrogens is 2. The van der Waals surface area contributed by atoms with E-state index in [0.717, 1.165) is 17.0 Å².